The molecule has 2 amide bonds. The van der Waals surface area contributed by atoms with Crippen LogP contribution in [-0.2, 0) is 27.9 Å². The van der Waals surface area contributed by atoms with Gasteiger partial charge >= 0.3 is 0 Å². The molecule has 2 atom stereocenters. The van der Waals surface area contributed by atoms with E-state index in [1.54, 1.807) is 23.0 Å². The number of benzene rings is 1. The predicted molar refractivity (Wildman–Crippen MR) is 117 cm³/mol. The molecule has 1 fully saturated rings. The van der Waals surface area contributed by atoms with Crippen LogP contribution >= 0.6 is 0 Å². The molecule has 1 aromatic carbocycles. The van der Waals surface area contributed by atoms with Crippen LogP contribution in [0.15, 0.2) is 61.3 Å². The molecule has 2 aromatic rings. The van der Waals surface area contributed by atoms with Crippen molar-refractivity contribution in [2.24, 2.45) is 13.0 Å². The molecule has 1 saturated carbocycles. The average molecular weight is 410 g/mol. The summed E-state index contributed by atoms with van der Waals surface area (Å²) >= 11 is 0. The highest BCUT2D eigenvalue weighted by Gasteiger charge is 2.45. The molecule has 30 heavy (non-hydrogen) atoms. The van der Waals surface area contributed by atoms with Crippen LogP contribution in [0.2, 0.25) is 0 Å². The number of nitrogens with zero attached hydrogens (tertiary/aromatic N) is 3. The summed E-state index contributed by atoms with van der Waals surface area (Å²) in [6.07, 6.45) is 4.47. The van der Waals surface area contributed by atoms with E-state index >= 15 is 0 Å². The number of methoxy groups -OCH3 is 1. The Balaban J connectivity index is 1.66. The fraction of sp³-hybridized carbons (Fsp3) is 0.417. The Morgan fingerprint density at radius 2 is 1.97 bits per heavy atom. The first-order valence-corrected chi connectivity index (χ1v) is 10.4. The van der Waals surface area contributed by atoms with Gasteiger partial charge in [-0.2, -0.15) is 0 Å². The first-order valence-electron chi connectivity index (χ1n) is 10.4. The minimum Gasteiger partial charge on any atom is -0.383 e. The summed E-state index contributed by atoms with van der Waals surface area (Å²) in [5.41, 5.74) is 2.22. The Morgan fingerprint density at radius 1 is 1.20 bits per heavy atom. The molecule has 1 aliphatic carbocycles. The van der Waals surface area contributed by atoms with E-state index in [4.69, 9.17) is 4.74 Å². The van der Waals surface area contributed by atoms with Gasteiger partial charge in [0.05, 0.1) is 13.2 Å². The Labute approximate surface area is 178 Å². The lowest BCUT2D eigenvalue weighted by Crippen LogP contribution is -2.44. The van der Waals surface area contributed by atoms with Crippen LogP contribution in [0.1, 0.15) is 23.6 Å². The number of rotatable bonds is 11. The van der Waals surface area contributed by atoms with Gasteiger partial charge < -0.3 is 19.1 Å². The summed E-state index contributed by atoms with van der Waals surface area (Å²) in [5, 5.41) is 0. The normalized spacial score (nSPS) is 17.4. The van der Waals surface area contributed by atoms with Crippen molar-refractivity contribution in [3.63, 3.8) is 0 Å². The van der Waals surface area contributed by atoms with Crippen molar-refractivity contribution in [1.82, 2.24) is 14.4 Å². The van der Waals surface area contributed by atoms with Crippen molar-refractivity contribution in [3.8, 4) is 0 Å². The van der Waals surface area contributed by atoms with Crippen molar-refractivity contribution < 1.29 is 14.3 Å². The number of carbonyl (C=O) groups is 2. The molecule has 0 spiro atoms. The largest absolute Gasteiger partial charge is 0.383 e. The molecule has 0 bridgehead atoms. The summed E-state index contributed by atoms with van der Waals surface area (Å²) in [7, 11) is 3.58. The smallest absolute Gasteiger partial charge is 0.242 e. The van der Waals surface area contributed by atoms with E-state index in [0.29, 0.717) is 26.2 Å². The van der Waals surface area contributed by atoms with E-state index in [0.717, 1.165) is 12.1 Å². The zero-order chi connectivity index (χ0) is 21.5. The fourth-order valence-corrected chi connectivity index (χ4v) is 3.77. The minimum absolute atomic E-state index is 0.0302. The Morgan fingerprint density at radius 3 is 2.60 bits per heavy atom. The molecule has 1 aromatic heterocycles. The summed E-state index contributed by atoms with van der Waals surface area (Å²) < 4.78 is 7.18. The van der Waals surface area contributed by atoms with Gasteiger partial charge in [-0.1, -0.05) is 36.4 Å². The van der Waals surface area contributed by atoms with Gasteiger partial charge in [-0.3, -0.25) is 9.59 Å². The summed E-state index contributed by atoms with van der Waals surface area (Å²) in [6.45, 7) is 5.60. The van der Waals surface area contributed by atoms with Gasteiger partial charge in [0, 0.05) is 45.1 Å². The SMILES string of the molecule is C=CCN(CC(=O)N(CCOC)Cc1cccn1C)C(=O)C1C[C@H]1c1ccccc1. The summed E-state index contributed by atoms with van der Waals surface area (Å²) in [6, 6.07) is 14.1. The number of hydrogen-bond donors (Lipinski definition) is 0. The molecule has 160 valence electrons. The summed E-state index contributed by atoms with van der Waals surface area (Å²) in [4.78, 5) is 29.6. The van der Waals surface area contributed by atoms with E-state index in [2.05, 4.69) is 18.7 Å². The molecular formula is C24H31N3O3. The molecular weight excluding hydrogens is 378 g/mol. The van der Waals surface area contributed by atoms with Gasteiger partial charge in [0.2, 0.25) is 11.8 Å². The van der Waals surface area contributed by atoms with Crippen molar-refractivity contribution in [2.45, 2.75) is 18.9 Å². The van der Waals surface area contributed by atoms with Gasteiger partial charge in [-0.05, 0) is 30.0 Å². The maximum absolute atomic E-state index is 13.1. The summed E-state index contributed by atoms with van der Waals surface area (Å²) in [5.74, 6) is 0.137. The molecule has 1 heterocycles. The second kappa shape index (κ2) is 10.3. The maximum Gasteiger partial charge on any atom is 0.242 e. The fourth-order valence-electron chi connectivity index (χ4n) is 3.77. The number of carbonyl (C=O) groups excluding carboxylic acids is 2. The monoisotopic (exact) mass is 409 g/mol. The third-order valence-electron chi connectivity index (χ3n) is 5.64. The van der Waals surface area contributed by atoms with E-state index in [-0.39, 0.29) is 30.2 Å². The molecule has 0 saturated heterocycles. The number of ether oxygens (including phenoxy) is 1. The Bertz CT molecular complexity index is 862. The van der Waals surface area contributed by atoms with Gasteiger partial charge in [-0.15, -0.1) is 6.58 Å². The Kier molecular flexibility index (Phi) is 7.46. The van der Waals surface area contributed by atoms with Crippen LogP contribution in [-0.4, -0.2) is 59.5 Å². The van der Waals surface area contributed by atoms with Crippen LogP contribution in [0.4, 0.5) is 0 Å². The molecule has 6 nitrogen and oxygen atoms in total. The van der Waals surface area contributed by atoms with E-state index in [9.17, 15) is 9.59 Å². The highest BCUT2D eigenvalue weighted by atomic mass is 16.5. The highest BCUT2D eigenvalue weighted by molar-refractivity contribution is 5.88. The van der Waals surface area contributed by atoms with E-state index in [1.807, 2.05) is 48.1 Å². The first kappa shape index (κ1) is 21.8. The van der Waals surface area contributed by atoms with Crippen LogP contribution in [0.5, 0.6) is 0 Å². The van der Waals surface area contributed by atoms with Gasteiger partial charge in [0.1, 0.15) is 6.54 Å². The topological polar surface area (TPSA) is 54.8 Å². The van der Waals surface area contributed by atoms with Crippen molar-refractivity contribution >= 4 is 11.8 Å². The maximum atomic E-state index is 13.1. The van der Waals surface area contributed by atoms with Crippen LogP contribution in [0.3, 0.4) is 0 Å². The molecule has 6 heteroatoms. The standard InChI is InChI=1S/C24H31N3O3/c1-4-12-27(24(29)22-16-21(22)19-9-6-5-7-10-19)18-23(28)26(14-15-30-3)17-20-11-8-13-25(20)2/h4-11,13,21-22H,1,12,14-18H2,2-3H3/t21-,22?/m0/s1. The second-order valence-corrected chi connectivity index (χ2v) is 7.79. The van der Waals surface area contributed by atoms with E-state index in [1.165, 1.54) is 5.56 Å². The highest BCUT2D eigenvalue weighted by Crippen LogP contribution is 2.48. The van der Waals surface area contributed by atoms with Crippen molar-refractivity contribution in [2.75, 3.05) is 33.4 Å². The minimum atomic E-state index is -0.0830. The molecule has 1 unspecified atom stereocenters. The quantitative estimate of drug-likeness (QED) is 0.536. The lowest BCUT2D eigenvalue weighted by Gasteiger charge is -2.27. The number of aromatic nitrogens is 1. The molecule has 0 N–H and O–H groups in total. The van der Waals surface area contributed by atoms with Crippen molar-refractivity contribution in [1.29, 1.82) is 0 Å². The first-order chi connectivity index (χ1) is 14.5. The van der Waals surface area contributed by atoms with Gasteiger partial charge in [0.15, 0.2) is 0 Å². The van der Waals surface area contributed by atoms with Crippen molar-refractivity contribution in [3.05, 3.63) is 72.6 Å². The Hall–Kier alpha value is -2.86. The van der Waals surface area contributed by atoms with E-state index < -0.39 is 0 Å². The third-order valence-corrected chi connectivity index (χ3v) is 5.64. The van der Waals surface area contributed by atoms with Gasteiger partial charge in [0.25, 0.3) is 0 Å². The predicted octanol–water partition coefficient (Wildman–Crippen LogP) is 2.82. The molecule has 0 radical (unpaired) electrons. The molecule has 0 aliphatic heterocycles. The average Bonchev–Trinajstić information content (AvgIpc) is 3.46. The molecule has 1 aliphatic rings. The lowest BCUT2D eigenvalue weighted by molar-refractivity contribution is -0.141. The molecule has 3 rings (SSSR count). The number of aryl methyl sites for hydroxylation is 1. The zero-order valence-electron chi connectivity index (χ0n) is 17.9. The number of hydrogen-bond acceptors (Lipinski definition) is 3. The second-order valence-electron chi connectivity index (χ2n) is 7.79. The lowest BCUT2D eigenvalue weighted by atomic mass is 10.1. The van der Waals surface area contributed by atoms with Crippen LogP contribution in [0.25, 0.3) is 0 Å². The van der Waals surface area contributed by atoms with Crippen LogP contribution in [0, 0.1) is 5.92 Å². The zero-order valence-corrected chi connectivity index (χ0v) is 17.9. The number of amides is 2. The van der Waals surface area contributed by atoms with Crippen LogP contribution < -0.4 is 0 Å². The van der Waals surface area contributed by atoms with Gasteiger partial charge in [-0.25, -0.2) is 0 Å². The third kappa shape index (κ3) is 5.39.